The third kappa shape index (κ3) is 27.2. The number of benzene rings is 13. The second-order valence-electron chi connectivity index (χ2n) is 35.7. The van der Waals surface area contributed by atoms with Gasteiger partial charge in [0.05, 0.1) is 117 Å². The number of rotatable bonds is 48. The lowest BCUT2D eigenvalue weighted by Crippen LogP contribution is -2.71. The van der Waals surface area contributed by atoms with Gasteiger partial charge >= 0.3 is 5.97 Å². The molecule has 13 aromatic rings. The van der Waals surface area contributed by atoms with Crippen LogP contribution in [0.5, 0.6) is 0 Å². The summed E-state index contributed by atoms with van der Waals surface area (Å²) >= 11 is 0. The first kappa shape index (κ1) is 99.8. The van der Waals surface area contributed by atoms with Gasteiger partial charge in [-0.05, 0) is 78.9 Å². The van der Waals surface area contributed by atoms with Crippen LogP contribution < -0.4 is 0 Å². The number of hydrogen-bond acceptors (Lipinski definition) is 23. The lowest BCUT2D eigenvalue weighted by Gasteiger charge is -2.53. The zero-order chi connectivity index (χ0) is 96.6. The van der Waals surface area contributed by atoms with Gasteiger partial charge in [-0.15, -0.1) is 0 Å². The van der Waals surface area contributed by atoms with E-state index >= 15 is 9.59 Å². The molecule has 0 spiro atoms. The van der Waals surface area contributed by atoms with Crippen molar-refractivity contribution in [2.24, 2.45) is 0 Å². The van der Waals surface area contributed by atoms with E-state index in [1.165, 1.54) is 6.92 Å². The molecule has 0 aliphatic carbocycles. The molecule has 24 nitrogen and oxygen atoms in total. The van der Waals surface area contributed by atoms with E-state index in [0.29, 0.717) is 5.56 Å². The molecule has 5 heterocycles. The number of nitrogens with zero attached hydrogens (tertiary/aromatic N) is 1. The van der Waals surface area contributed by atoms with E-state index in [-0.39, 0.29) is 117 Å². The minimum atomic E-state index is -1.83. The van der Waals surface area contributed by atoms with Crippen molar-refractivity contribution in [1.82, 2.24) is 4.90 Å². The van der Waals surface area contributed by atoms with Crippen LogP contribution in [0.15, 0.2) is 388 Å². The summed E-state index contributed by atoms with van der Waals surface area (Å²) in [4.78, 5) is 48.7. The number of carbonyl (C=O) groups excluding carboxylic acids is 3. The molecule has 5 aliphatic rings. The molecule has 18 rings (SSSR count). The standard InChI is InChI=1S/C118H119NO23/c1-82(120)135-112-107(130-73-90-54-28-9-29-55-90)102(127-70-87-48-22-6-23-49-87)97(78-123-66-83-40-14-2-15-41-83)139-118(112)140-104-99(80-125-68-85-44-18-4-19-45-85)136-115(101(106(104)129-72-89-52-26-8-27-53-89)119-113(121)95-64-38-39-65-96(95)114(119)122)142-109-103(128-71-88-50-24-7-25-51-88)98(79-124-67-84-42-16-3-17-43-84)138-117(111(109)133-76-93-60-34-12-35-61-93)141-105-100(81-126-69-86-46-20-5-21-47-86)137-116(134-77-94-62-36-13-37-63-94)110(132-75-92-58-32-11-33-59-92)108(105)131-74-91-56-30-10-31-57-91/h2-65,97-112,115-118H,66-81H2,1H3/t97-,98-,99-,100-,101-,102+,103+,104-,105-,106-,107+,108+,109+,110-,111-,112-,115+,116-,117+,118+/m1/s1. The van der Waals surface area contributed by atoms with Crippen LogP contribution in [0.2, 0.25) is 0 Å². The maximum absolute atomic E-state index is 16.6. The zero-order valence-electron chi connectivity index (χ0n) is 79.1. The van der Waals surface area contributed by atoms with Gasteiger partial charge in [-0.1, -0.05) is 376 Å². The molecule has 0 unspecified atom stereocenters. The van der Waals surface area contributed by atoms with Crippen molar-refractivity contribution in [1.29, 1.82) is 0 Å². The van der Waals surface area contributed by atoms with Crippen molar-refractivity contribution in [2.45, 2.75) is 209 Å². The van der Waals surface area contributed by atoms with Crippen molar-refractivity contribution in [3.05, 3.63) is 466 Å². The first-order valence-corrected chi connectivity index (χ1v) is 48.5. The summed E-state index contributed by atoms with van der Waals surface area (Å²) in [5, 5.41) is 0. The van der Waals surface area contributed by atoms with Gasteiger partial charge in [0.25, 0.3) is 11.8 Å². The topological polar surface area (TPSA) is 239 Å². The van der Waals surface area contributed by atoms with Gasteiger partial charge in [0.15, 0.2) is 31.3 Å². The molecule has 5 aliphatic heterocycles. The maximum Gasteiger partial charge on any atom is 0.303 e. The minimum Gasteiger partial charge on any atom is -0.454 e. The second kappa shape index (κ2) is 51.6. The SMILES string of the molecule is CC(=O)O[C@H]1[C@H](O[C@H]2[C@H](OCc3ccccc3)[C@@H](N3C(=O)c4ccccc4C3=O)[C@H](O[C@H]3[C@@H](OCc4ccccc4)[C@@H](COCc4ccccc4)O[C@@H](O[C@H]4[C@H](OCc5ccccc5)[C@@H](OCc5ccccc5)[C@H](OCc5ccccc5)O[C@@H]4COCc4ccccc4)[C@@H]3OCc3ccccc3)O[C@@H]2COCc2ccccc2)O[C@H](COCc2ccccc2)[C@H](OCc2ccccc2)[C@@H]1OCc1ccccc1. The molecular formula is C118H119NO23. The summed E-state index contributed by atoms with van der Waals surface area (Å²) in [5.41, 5.74) is 10.1. The lowest BCUT2D eigenvalue weighted by molar-refractivity contribution is -0.396. The normalized spacial score (nSPS) is 24.9. The van der Waals surface area contributed by atoms with Crippen LogP contribution in [-0.2, 0) is 179 Å². The average molecular weight is 1920 g/mol. The molecular weight excluding hydrogens is 1800 g/mol. The number of esters is 1. The van der Waals surface area contributed by atoms with Crippen LogP contribution in [0.1, 0.15) is 94.4 Å². The first-order chi connectivity index (χ1) is 70.1. The van der Waals surface area contributed by atoms with E-state index in [0.717, 1.165) is 66.1 Å². The third-order valence-corrected chi connectivity index (χ3v) is 25.5. The minimum absolute atomic E-state index is 0.00422. The fourth-order valence-corrected chi connectivity index (χ4v) is 18.5. The Morgan fingerprint density at radius 1 is 0.218 bits per heavy atom. The predicted molar refractivity (Wildman–Crippen MR) is 526 cm³/mol. The lowest BCUT2D eigenvalue weighted by atomic mass is 9.92. The molecule has 0 saturated carbocycles. The van der Waals surface area contributed by atoms with Gasteiger partial charge in [-0.3, -0.25) is 19.3 Å². The van der Waals surface area contributed by atoms with Gasteiger partial charge < -0.3 is 94.7 Å². The quantitative estimate of drug-likeness (QED) is 0.0254. The maximum atomic E-state index is 16.6. The Balaban J connectivity index is 0.814. The summed E-state index contributed by atoms with van der Waals surface area (Å²) in [5.74, 6) is -2.14. The third-order valence-electron chi connectivity index (χ3n) is 25.5. The van der Waals surface area contributed by atoms with E-state index < -0.39 is 141 Å². The van der Waals surface area contributed by atoms with Crippen LogP contribution in [0.3, 0.4) is 0 Å². The zero-order valence-corrected chi connectivity index (χ0v) is 79.1. The van der Waals surface area contributed by atoms with Crippen LogP contribution in [0.4, 0.5) is 0 Å². The van der Waals surface area contributed by atoms with Gasteiger partial charge in [0.2, 0.25) is 0 Å². The molecule has 0 bridgehead atoms. The molecule has 24 heteroatoms. The Bertz CT molecular complexity index is 5880. The van der Waals surface area contributed by atoms with E-state index in [4.69, 9.17) is 94.7 Å². The van der Waals surface area contributed by atoms with Crippen LogP contribution in [-0.4, -0.2) is 172 Å². The average Bonchev–Trinajstić information content (AvgIpc) is 1.52. The fourth-order valence-electron chi connectivity index (χ4n) is 18.5. The molecule has 0 radical (unpaired) electrons. The Morgan fingerprint density at radius 2 is 0.430 bits per heavy atom. The number of carbonyl (C=O) groups is 3. The Labute approximate surface area is 828 Å². The summed E-state index contributed by atoms with van der Waals surface area (Å²) in [6, 6.07) is 122. The molecule has 13 aromatic carbocycles. The van der Waals surface area contributed by atoms with Gasteiger partial charge in [0.1, 0.15) is 91.5 Å². The molecule has 4 saturated heterocycles. The molecule has 0 N–H and O–H groups in total. The fraction of sp³-hybridized carbons (Fsp3) is 0.314. The van der Waals surface area contributed by atoms with Crippen molar-refractivity contribution in [2.75, 3.05) is 26.4 Å². The van der Waals surface area contributed by atoms with E-state index in [9.17, 15) is 4.79 Å². The summed E-state index contributed by atoms with van der Waals surface area (Å²) in [7, 11) is 0. The molecule has 4 fully saturated rings. The number of imide groups is 1. The summed E-state index contributed by atoms with van der Waals surface area (Å²) < 4.78 is 148. The predicted octanol–water partition coefficient (Wildman–Crippen LogP) is 18.8. The van der Waals surface area contributed by atoms with Crippen LogP contribution in [0, 0.1) is 0 Å². The highest BCUT2D eigenvalue weighted by Crippen LogP contribution is 2.44. The van der Waals surface area contributed by atoms with E-state index in [2.05, 4.69) is 0 Å². The highest BCUT2D eigenvalue weighted by molar-refractivity contribution is 6.21. The highest BCUT2D eigenvalue weighted by Gasteiger charge is 2.62. The van der Waals surface area contributed by atoms with Crippen molar-refractivity contribution < 1.29 is 109 Å². The van der Waals surface area contributed by atoms with E-state index in [1.54, 1.807) is 24.3 Å². The van der Waals surface area contributed by atoms with Crippen molar-refractivity contribution >= 4 is 17.8 Å². The number of hydrogen-bond donors (Lipinski definition) is 0. The molecule has 142 heavy (non-hydrogen) atoms. The monoisotopic (exact) mass is 1920 g/mol. The smallest absolute Gasteiger partial charge is 0.303 e. The first-order valence-electron chi connectivity index (χ1n) is 48.5. The van der Waals surface area contributed by atoms with Crippen molar-refractivity contribution in [3.63, 3.8) is 0 Å². The Kier molecular flexibility index (Phi) is 36.3. The van der Waals surface area contributed by atoms with Gasteiger partial charge in [-0.2, -0.15) is 0 Å². The summed E-state index contributed by atoms with van der Waals surface area (Å²) in [6.45, 7) is 1.06. The number of amides is 2. The summed E-state index contributed by atoms with van der Waals surface area (Å²) in [6.07, 6.45) is -25.4. The van der Waals surface area contributed by atoms with Crippen molar-refractivity contribution in [3.8, 4) is 0 Å². The van der Waals surface area contributed by atoms with E-state index in [1.807, 2.05) is 364 Å². The van der Waals surface area contributed by atoms with Gasteiger partial charge in [-0.25, -0.2) is 0 Å². The number of fused-ring (bicyclic) bond motifs is 1. The molecule has 734 valence electrons. The van der Waals surface area contributed by atoms with Crippen LogP contribution in [0.25, 0.3) is 0 Å². The molecule has 20 atom stereocenters. The van der Waals surface area contributed by atoms with Crippen LogP contribution >= 0.6 is 0 Å². The Morgan fingerprint density at radius 3 is 0.739 bits per heavy atom. The van der Waals surface area contributed by atoms with Gasteiger partial charge in [0, 0.05) is 6.92 Å². The number of ether oxygens (including phenoxy) is 20. The molecule has 0 aromatic heterocycles. The molecule has 2 amide bonds. The largest absolute Gasteiger partial charge is 0.454 e. The second-order valence-corrected chi connectivity index (χ2v) is 35.7. The Hall–Kier alpha value is -12.3. The highest BCUT2D eigenvalue weighted by atomic mass is 16.8.